The molecule has 1 aromatic rings. The molecule has 33 heavy (non-hydrogen) atoms. The molecule has 6 nitrogen and oxygen atoms in total. The summed E-state index contributed by atoms with van der Waals surface area (Å²) in [4.78, 5) is 21.3. The van der Waals surface area contributed by atoms with Crippen molar-refractivity contribution in [2.45, 2.75) is 57.5 Å². The smallest absolute Gasteiger partial charge is 0.303 e. The van der Waals surface area contributed by atoms with Crippen LogP contribution >= 0.6 is 0 Å². The lowest BCUT2D eigenvalue weighted by Gasteiger charge is -2.49. The highest BCUT2D eigenvalue weighted by Crippen LogP contribution is 2.31. The quantitative estimate of drug-likeness (QED) is 0.642. The number of benzene rings is 1. The summed E-state index contributed by atoms with van der Waals surface area (Å²) in [6.07, 6.45) is 5.80. The van der Waals surface area contributed by atoms with Gasteiger partial charge < -0.3 is 14.9 Å². The third-order valence-corrected chi connectivity index (χ3v) is 8.04. The van der Waals surface area contributed by atoms with Crippen molar-refractivity contribution in [2.75, 3.05) is 63.8 Å². The van der Waals surface area contributed by atoms with Crippen molar-refractivity contribution in [3.05, 3.63) is 30.1 Å². The van der Waals surface area contributed by atoms with Crippen LogP contribution in [0.1, 0.15) is 45.4 Å². The molecule has 2 atom stereocenters. The van der Waals surface area contributed by atoms with E-state index in [0.29, 0.717) is 23.7 Å². The van der Waals surface area contributed by atoms with E-state index in [1.807, 2.05) is 12.1 Å². The lowest BCUT2D eigenvalue weighted by molar-refractivity contribution is -0.137. The molecule has 0 saturated carbocycles. The molecule has 3 saturated heterocycles. The predicted molar refractivity (Wildman–Crippen MR) is 130 cm³/mol. The second-order valence-corrected chi connectivity index (χ2v) is 10.1. The summed E-state index contributed by atoms with van der Waals surface area (Å²) in [6.45, 7) is 11.4. The van der Waals surface area contributed by atoms with Crippen molar-refractivity contribution in [1.82, 2.24) is 14.7 Å². The highest BCUT2D eigenvalue weighted by molar-refractivity contribution is 5.66. The fraction of sp³-hybridized carbons (Fsp3) is 0.731. The first-order valence-corrected chi connectivity index (χ1v) is 13.0. The number of carboxylic acids is 1. The number of likely N-dealkylation sites (tertiary alicyclic amines) is 2. The van der Waals surface area contributed by atoms with Gasteiger partial charge in [0, 0.05) is 51.2 Å². The molecule has 0 radical (unpaired) electrons. The third-order valence-electron chi connectivity index (χ3n) is 8.04. The van der Waals surface area contributed by atoms with Gasteiger partial charge in [-0.3, -0.25) is 14.6 Å². The standard InChI is InChI=1S/C26H41FN4O2/c1-2-12-28-13-9-22(10-14-28)31-15-11-24(21(20-31)7-8-26(32)33)29-16-18-30(19-17-29)25-6-4-3-5-23(25)27/h3-6,21-22,24H,2,7-20H2,1H3,(H,32,33)/t21-,24+/m1/s1. The van der Waals surface area contributed by atoms with Gasteiger partial charge in [-0.2, -0.15) is 0 Å². The molecule has 0 unspecified atom stereocenters. The van der Waals surface area contributed by atoms with E-state index in [1.54, 1.807) is 6.07 Å². The van der Waals surface area contributed by atoms with Crippen LogP contribution in [0.4, 0.5) is 10.1 Å². The Balaban J connectivity index is 1.34. The number of hydrogen-bond acceptors (Lipinski definition) is 5. The van der Waals surface area contributed by atoms with Crippen LogP contribution in [0, 0.1) is 11.7 Å². The first-order chi connectivity index (χ1) is 16.0. The second-order valence-electron chi connectivity index (χ2n) is 10.1. The van der Waals surface area contributed by atoms with Gasteiger partial charge in [-0.1, -0.05) is 19.1 Å². The van der Waals surface area contributed by atoms with Gasteiger partial charge >= 0.3 is 5.97 Å². The molecule has 4 rings (SSSR count). The lowest BCUT2D eigenvalue weighted by Crippen LogP contribution is -2.58. The van der Waals surface area contributed by atoms with E-state index < -0.39 is 5.97 Å². The second kappa shape index (κ2) is 11.6. The first-order valence-electron chi connectivity index (χ1n) is 13.0. The topological polar surface area (TPSA) is 50.3 Å². The van der Waals surface area contributed by atoms with Crippen LogP contribution in [0.5, 0.6) is 0 Å². The van der Waals surface area contributed by atoms with Gasteiger partial charge in [-0.25, -0.2) is 4.39 Å². The van der Waals surface area contributed by atoms with Crippen LogP contribution in [-0.4, -0.2) is 96.8 Å². The Bertz CT molecular complexity index is 762. The molecule has 0 amide bonds. The molecule has 0 aliphatic carbocycles. The molecule has 1 aromatic carbocycles. The van der Waals surface area contributed by atoms with Crippen molar-refractivity contribution >= 4 is 11.7 Å². The largest absolute Gasteiger partial charge is 0.481 e. The first kappa shape index (κ1) is 24.4. The number of anilines is 1. The summed E-state index contributed by atoms with van der Waals surface area (Å²) >= 11 is 0. The van der Waals surface area contributed by atoms with Crippen LogP contribution in [0.3, 0.4) is 0 Å². The molecular formula is C26H41FN4O2. The predicted octanol–water partition coefficient (Wildman–Crippen LogP) is 3.38. The van der Waals surface area contributed by atoms with Crippen molar-refractivity contribution < 1.29 is 14.3 Å². The van der Waals surface area contributed by atoms with Gasteiger partial charge in [0.05, 0.1) is 5.69 Å². The van der Waals surface area contributed by atoms with Gasteiger partial charge in [0.1, 0.15) is 5.82 Å². The maximum atomic E-state index is 14.2. The zero-order chi connectivity index (χ0) is 23.2. The fourth-order valence-corrected chi connectivity index (χ4v) is 6.28. The van der Waals surface area contributed by atoms with Gasteiger partial charge in [0.15, 0.2) is 0 Å². The zero-order valence-corrected chi connectivity index (χ0v) is 20.2. The van der Waals surface area contributed by atoms with Gasteiger partial charge in [-0.15, -0.1) is 0 Å². The third kappa shape index (κ3) is 6.25. The number of hydrogen-bond donors (Lipinski definition) is 1. The lowest BCUT2D eigenvalue weighted by atomic mass is 9.85. The summed E-state index contributed by atoms with van der Waals surface area (Å²) in [7, 11) is 0. The van der Waals surface area contributed by atoms with Gasteiger partial charge in [0.2, 0.25) is 0 Å². The summed E-state index contributed by atoms with van der Waals surface area (Å²) in [5.41, 5.74) is 0.698. The number of carbonyl (C=O) groups is 1. The van der Waals surface area contributed by atoms with E-state index in [9.17, 15) is 14.3 Å². The number of carboxylic acid groups (broad SMARTS) is 1. The molecule has 3 fully saturated rings. The molecule has 184 valence electrons. The maximum absolute atomic E-state index is 14.2. The molecule has 1 N–H and O–H groups in total. The summed E-state index contributed by atoms with van der Waals surface area (Å²) in [5.74, 6) is -0.449. The van der Waals surface area contributed by atoms with Crippen LogP contribution < -0.4 is 4.90 Å². The molecule has 3 aliphatic rings. The van der Waals surface area contributed by atoms with Crippen LogP contribution in [0.25, 0.3) is 0 Å². The van der Waals surface area contributed by atoms with E-state index in [0.717, 1.165) is 52.1 Å². The minimum absolute atomic E-state index is 0.149. The summed E-state index contributed by atoms with van der Waals surface area (Å²) in [5, 5.41) is 9.35. The van der Waals surface area contributed by atoms with Crippen molar-refractivity contribution in [3.8, 4) is 0 Å². The average Bonchev–Trinajstić information content (AvgIpc) is 2.84. The van der Waals surface area contributed by atoms with E-state index in [-0.39, 0.29) is 12.2 Å². The SMILES string of the molecule is CCCN1CCC(N2CC[C@H](N3CCN(c4ccccc4F)CC3)[C@H](CCC(=O)O)C2)CC1. The Morgan fingerprint density at radius 2 is 1.73 bits per heavy atom. The zero-order valence-electron chi connectivity index (χ0n) is 20.2. The van der Waals surface area contributed by atoms with E-state index >= 15 is 0 Å². The fourth-order valence-electron chi connectivity index (χ4n) is 6.28. The molecule has 0 aromatic heterocycles. The van der Waals surface area contributed by atoms with Gasteiger partial charge in [-0.05, 0) is 76.3 Å². The minimum atomic E-state index is -0.692. The van der Waals surface area contributed by atoms with Crippen molar-refractivity contribution in [2.24, 2.45) is 5.92 Å². The Kier molecular flexibility index (Phi) is 8.61. The Morgan fingerprint density at radius 1 is 1.00 bits per heavy atom. The van der Waals surface area contributed by atoms with Crippen LogP contribution in [-0.2, 0) is 4.79 Å². The number of para-hydroxylation sites is 1. The van der Waals surface area contributed by atoms with Crippen LogP contribution in [0.2, 0.25) is 0 Å². The molecule has 0 bridgehead atoms. The average molecular weight is 461 g/mol. The monoisotopic (exact) mass is 460 g/mol. The Labute approximate surface area is 198 Å². The number of rotatable bonds is 8. The van der Waals surface area contributed by atoms with E-state index in [1.165, 1.54) is 45.0 Å². The van der Waals surface area contributed by atoms with Crippen molar-refractivity contribution in [3.63, 3.8) is 0 Å². The number of piperazine rings is 1. The number of nitrogens with zero attached hydrogens (tertiary/aromatic N) is 4. The Morgan fingerprint density at radius 3 is 2.39 bits per heavy atom. The summed E-state index contributed by atoms with van der Waals surface area (Å²) < 4.78 is 14.2. The molecule has 7 heteroatoms. The Hall–Kier alpha value is -1.70. The normalized spacial score (nSPS) is 26.5. The number of halogens is 1. The van der Waals surface area contributed by atoms with Crippen LogP contribution in [0.15, 0.2) is 24.3 Å². The highest BCUT2D eigenvalue weighted by atomic mass is 19.1. The van der Waals surface area contributed by atoms with E-state index in [2.05, 4.69) is 26.5 Å². The maximum Gasteiger partial charge on any atom is 0.303 e. The minimum Gasteiger partial charge on any atom is -0.481 e. The number of piperidine rings is 2. The molecule has 0 spiro atoms. The van der Waals surface area contributed by atoms with Gasteiger partial charge in [0.25, 0.3) is 0 Å². The summed E-state index contributed by atoms with van der Waals surface area (Å²) in [6, 6.07) is 8.11. The molecule has 3 heterocycles. The van der Waals surface area contributed by atoms with E-state index in [4.69, 9.17) is 0 Å². The number of aliphatic carboxylic acids is 1. The molecule has 3 aliphatic heterocycles. The molecular weight excluding hydrogens is 419 g/mol. The van der Waals surface area contributed by atoms with Crippen molar-refractivity contribution in [1.29, 1.82) is 0 Å². The highest BCUT2D eigenvalue weighted by Gasteiger charge is 2.37.